The average molecular weight is 478 g/mol. The summed E-state index contributed by atoms with van der Waals surface area (Å²) in [7, 11) is 0. The molecular formula is C26H30F3NO4. The van der Waals surface area contributed by atoms with E-state index in [2.05, 4.69) is 0 Å². The third kappa shape index (κ3) is 6.59. The number of halogens is 3. The summed E-state index contributed by atoms with van der Waals surface area (Å²) >= 11 is 0. The minimum absolute atomic E-state index is 0.0216. The summed E-state index contributed by atoms with van der Waals surface area (Å²) in [6.07, 6.45) is -2.00. The minimum atomic E-state index is -4.37. The highest BCUT2D eigenvalue weighted by molar-refractivity contribution is 5.87. The maximum Gasteiger partial charge on any atom is 0.416 e. The number of Topliss-reactive ketones (excluding diaryl/α,β-unsaturated/α-hetero) is 1. The lowest BCUT2D eigenvalue weighted by atomic mass is 9.90. The zero-order chi connectivity index (χ0) is 24.9. The van der Waals surface area contributed by atoms with Gasteiger partial charge in [0, 0.05) is 25.4 Å². The molecule has 5 nitrogen and oxygen atoms in total. The first-order valence-electron chi connectivity index (χ1n) is 11.4. The van der Waals surface area contributed by atoms with Crippen molar-refractivity contribution >= 4 is 11.7 Å². The number of carbonyl (C=O) groups excluding carboxylic acids is 2. The van der Waals surface area contributed by atoms with Gasteiger partial charge in [0.1, 0.15) is 12.4 Å². The van der Waals surface area contributed by atoms with Crippen LogP contribution in [-0.4, -0.2) is 47.0 Å². The Morgan fingerprint density at radius 2 is 1.82 bits per heavy atom. The summed E-state index contributed by atoms with van der Waals surface area (Å²) in [5.74, 6) is 0.200. The van der Waals surface area contributed by atoms with E-state index in [-0.39, 0.29) is 18.2 Å². The van der Waals surface area contributed by atoms with Gasteiger partial charge in [-0.2, -0.15) is 13.2 Å². The molecule has 0 aliphatic carbocycles. The van der Waals surface area contributed by atoms with E-state index in [1.807, 2.05) is 23.1 Å². The third-order valence-electron chi connectivity index (χ3n) is 6.20. The molecule has 1 heterocycles. The third-order valence-corrected chi connectivity index (χ3v) is 6.20. The highest BCUT2D eigenvalue weighted by atomic mass is 19.4. The first kappa shape index (κ1) is 25.7. The van der Waals surface area contributed by atoms with Crippen LogP contribution in [0.2, 0.25) is 0 Å². The van der Waals surface area contributed by atoms with E-state index in [0.717, 1.165) is 30.5 Å². The normalized spacial score (nSPS) is 16.9. The van der Waals surface area contributed by atoms with Crippen LogP contribution in [0.15, 0.2) is 48.5 Å². The number of amides is 1. The number of ether oxygens (including phenoxy) is 1. The van der Waals surface area contributed by atoms with Crippen molar-refractivity contribution < 1.29 is 32.6 Å². The Morgan fingerprint density at radius 1 is 1.12 bits per heavy atom. The van der Waals surface area contributed by atoms with E-state index >= 15 is 0 Å². The number of aryl methyl sites for hydroxylation is 1. The van der Waals surface area contributed by atoms with E-state index < -0.39 is 29.7 Å². The largest absolute Gasteiger partial charge is 0.480 e. The SMILES string of the molecule is CC(C)(Oc1cccc([C@@H]2CCCN(C(=O)CCc3ccc(C(F)(F)F)cc3)C2)c1)C(=O)CO. The van der Waals surface area contributed by atoms with Crippen LogP contribution < -0.4 is 4.74 Å². The maximum absolute atomic E-state index is 12.8. The van der Waals surface area contributed by atoms with Crippen molar-refractivity contribution in [3.05, 3.63) is 65.2 Å². The number of aliphatic hydroxyl groups excluding tert-OH is 1. The van der Waals surface area contributed by atoms with Gasteiger partial charge in [-0.05, 0) is 68.5 Å². The molecule has 1 aliphatic heterocycles. The van der Waals surface area contributed by atoms with Crippen molar-refractivity contribution in [1.29, 1.82) is 0 Å². The van der Waals surface area contributed by atoms with Gasteiger partial charge in [0.25, 0.3) is 0 Å². The van der Waals surface area contributed by atoms with E-state index in [1.165, 1.54) is 12.1 Å². The second-order valence-corrected chi connectivity index (χ2v) is 9.14. The quantitative estimate of drug-likeness (QED) is 0.595. The Labute approximate surface area is 197 Å². The zero-order valence-corrected chi connectivity index (χ0v) is 19.4. The van der Waals surface area contributed by atoms with Gasteiger partial charge in [-0.3, -0.25) is 9.59 Å². The summed E-state index contributed by atoms with van der Waals surface area (Å²) in [4.78, 5) is 26.5. The van der Waals surface area contributed by atoms with E-state index in [1.54, 1.807) is 19.9 Å². The molecule has 0 spiro atoms. The van der Waals surface area contributed by atoms with Crippen molar-refractivity contribution in [2.75, 3.05) is 19.7 Å². The fourth-order valence-corrected chi connectivity index (χ4v) is 4.12. The van der Waals surface area contributed by atoms with Gasteiger partial charge in [-0.25, -0.2) is 0 Å². The molecule has 184 valence electrons. The molecule has 1 N–H and O–H groups in total. The Morgan fingerprint density at radius 3 is 2.47 bits per heavy atom. The molecular weight excluding hydrogens is 447 g/mol. The Balaban J connectivity index is 1.59. The molecule has 0 saturated carbocycles. The summed E-state index contributed by atoms with van der Waals surface area (Å²) in [5.41, 5.74) is -0.151. The van der Waals surface area contributed by atoms with Crippen molar-refractivity contribution in [1.82, 2.24) is 4.90 Å². The molecule has 0 radical (unpaired) electrons. The van der Waals surface area contributed by atoms with Crippen molar-refractivity contribution in [3.8, 4) is 5.75 Å². The number of rotatable bonds is 8. The molecule has 1 aliphatic rings. The van der Waals surface area contributed by atoms with Crippen LogP contribution in [0.4, 0.5) is 13.2 Å². The summed E-state index contributed by atoms with van der Waals surface area (Å²) in [6, 6.07) is 12.4. The monoisotopic (exact) mass is 477 g/mol. The summed E-state index contributed by atoms with van der Waals surface area (Å²) in [5, 5.41) is 9.14. The van der Waals surface area contributed by atoms with Crippen molar-refractivity contribution in [2.45, 2.75) is 57.2 Å². The van der Waals surface area contributed by atoms with Crippen LogP contribution in [0.1, 0.15) is 55.7 Å². The molecule has 2 aromatic carbocycles. The molecule has 1 saturated heterocycles. The van der Waals surface area contributed by atoms with Gasteiger partial charge < -0.3 is 14.7 Å². The van der Waals surface area contributed by atoms with E-state index in [0.29, 0.717) is 30.8 Å². The molecule has 3 rings (SSSR count). The van der Waals surface area contributed by atoms with E-state index in [9.17, 15) is 22.8 Å². The molecule has 1 atom stereocenters. The molecule has 1 amide bonds. The number of benzene rings is 2. The molecule has 1 fully saturated rings. The molecule has 34 heavy (non-hydrogen) atoms. The standard InChI is InChI=1S/C26H30F3NO4/c1-25(2,23(32)17-31)34-22-7-3-5-19(15-22)20-6-4-14-30(16-20)24(33)13-10-18-8-11-21(12-9-18)26(27,28)29/h3,5,7-9,11-12,15,20,31H,4,6,10,13-14,16-17H2,1-2H3/t20-/m1/s1. The smallest absolute Gasteiger partial charge is 0.416 e. The molecule has 0 bridgehead atoms. The molecule has 2 aromatic rings. The van der Waals surface area contributed by atoms with Crippen molar-refractivity contribution in [3.63, 3.8) is 0 Å². The van der Waals surface area contributed by atoms with Crippen LogP contribution in [0.3, 0.4) is 0 Å². The summed E-state index contributed by atoms with van der Waals surface area (Å²) < 4.78 is 44.0. The minimum Gasteiger partial charge on any atom is -0.480 e. The number of hydrogen-bond donors (Lipinski definition) is 1. The molecule has 8 heteroatoms. The maximum atomic E-state index is 12.8. The molecule has 0 aromatic heterocycles. The fraction of sp³-hybridized carbons (Fsp3) is 0.462. The van der Waals surface area contributed by atoms with Gasteiger partial charge in [-0.15, -0.1) is 0 Å². The lowest BCUT2D eigenvalue weighted by molar-refractivity contribution is -0.137. The topological polar surface area (TPSA) is 66.8 Å². The van der Waals surface area contributed by atoms with Gasteiger partial charge in [0.15, 0.2) is 5.60 Å². The van der Waals surface area contributed by atoms with Crippen molar-refractivity contribution in [2.24, 2.45) is 0 Å². The number of aliphatic hydroxyl groups is 1. The van der Waals surface area contributed by atoms with Gasteiger partial charge >= 0.3 is 6.18 Å². The molecule has 0 unspecified atom stereocenters. The van der Waals surface area contributed by atoms with Crippen LogP contribution >= 0.6 is 0 Å². The van der Waals surface area contributed by atoms with Gasteiger partial charge in [0.05, 0.1) is 5.56 Å². The Kier molecular flexibility index (Phi) is 8.02. The Hall–Kier alpha value is -2.87. The number of nitrogens with zero attached hydrogens (tertiary/aromatic N) is 1. The van der Waals surface area contributed by atoms with Crippen LogP contribution in [-0.2, 0) is 22.2 Å². The number of hydrogen-bond acceptors (Lipinski definition) is 4. The fourth-order valence-electron chi connectivity index (χ4n) is 4.12. The predicted octanol–water partition coefficient (Wildman–Crippen LogP) is 4.76. The summed E-state index contributed by atoms with van der Waals surface area (Å²) in [6.45, 7) is 3.81. The highest BCUT2D eigenvalue weighted by Crippen LogP contribution is 2.31. The average Bonchev–Trinajstić information content (AvgIpc) is 2.81. The van der Waals surface area contributed by atoms with Crippen LogP contribution in [0, 0.1) is 0 Å². The number of alkyl halides is 3. The predicted molar refractivity (Wildman–Crippen MR) is 122 cm³/mol. The number of carbonyl (C=O) groups is 2. The van der Waals surface area contributed by atoms with Gasteiger partial charge in [0.2, 0.25) is 11.7 Å². The number of likely N-dealkylation sites (tertiary alicyclic amines) is 1. The highest BCUT2D eigenvalue weighted by Gasteiger charge is 2.31. The first-order valence-corrected chi connectivity index (χ1v) is 11.4. The second-order valence-electron chi connectivity index (χ2n) is 9.14. The first-order chi connectivity index (χ1) is 16.0. The van der Waals surface area contributed by atoms with Crippen LogP contribution in [0.5, 0.6) is 5.75 Å². The number of ketones is 1. The zero-order valence-electron chi connectivity index (χ0n) is 19.4. The number of piperidine rings is 1. The second kappa shape index (κ2) is 10.6. The lowest BCUT2D eigenvalue weighted by Gasteiger charge is -2.33. The van der Waals surface area contributed by atoms with E-state index in [4.69, 9.17) is 9.84 Å². The van der Waals surface area contributed by atoms with Gasteiger partial charge in [-0.1, -0.05) is 24.3 Å². The Bertz CT molecular complexity index is 1000. The van der Waals surface area contributed by atoms with Crippen LogP contribution in [0.25, 0.3) is 0 Å². The lowest BCUT2D eigenvalue weighted by Crippen LogP contribution is -2.40.